The Kier molecular flexibility index (Phi) is 30.8. The summed E-state index contributed by atoms with van der Waals surface area (Å²) in [6.07, 6.45) is 0. The van der Waals surface area contributed by atoms with Crippen molar-refractivity contribution in [3.63, 3.8) is 0 Å². The van der Waals surface area contributed by atoms with Crippen molar-refractivity contribution in [2.45, 2.75) is 27.7 Å². The van der Waals surface area contributed by atoms with Crippen molar-refractivity contribution in [1.29, 1.82) is 0 Å². The molecule has 0 heterocycles. The normalized spacial score (nSPS) is 11.4. The van der Waals surface area contributed by atoms with E-state index in [1.807, 2.05) is 0 Å². The summed E-state index contributed by atoms with van der Waals surface area (Å²) >= 11 is 11.0. The number of Topliss-reactive ketones (excluding diaryl/α,β-unsaturated/α-hetero) is 2. The van der Waals surface area contributed by atoms with E-state index in [2.05, 4.69) is 4.90 Å². The van der Waals surface area contributed by atoms with Crippen molar-refractivity contribution < 1.29 is 75.3 Å². The average molecular weight is 631 g/mol. The van der Waals surface area contributed by atoms with Crippen LogP contribution in [0.5, 0.6) is 0 Å². The van der Waals surface area contributed by atoms with E-state index in [4.69, 9.17) is 47.6 Å². The van der Waals surface area contributed by atoms with Crippen LogP contribution in [-0.2, 0) is 26.4 Å². The molecule has 0 amide bonds. The van der Waals surface area contributed by atoms with Crippen molar-refractivity contribution >= 4 is 34.8 Å². The van der Waals surface area contributed by atoms with E-state index in [1.54, 1.807) is 0 Å². The van der Waals surface area contributed by atoms with Crippen molar-refractivity contribution in [3.8, 4) is 0 Å². The first kappa shape index (κ1) is 44.4. The molecule has 0 saturated heterocycles. The van der Waals surface area contributed by atoms with Gasteiger partial charge in [0.1, 0.15) is 0 Å². The molecule has 0 bridgehead atoms. The maximum Gasteiger partial charge on any atom is 3.00 e. The molecule has 0 radical (unpaired) electrons. The van der Waals surface area contributed by atoms with Gasteiger partial charge < -0.3 is 20.8 Å². The van der Waals surface area contributed by atoms with Gasteiger partial charge in [0.05, 0.1) is 9.85 Å². The SMILES string of the molecule is CC(=O)/C(=C(/C)[O-])[N+](=O)[O-].CC(=O)/C(=C(/C)[O-])[N+](=O)[O-].[Co+3].[NH-]CCN(CCCl)CCCl.[O-][Cl+3]([O-])([O-])[O-]. The monoisotopic (exact) mass is 629 g/mol. The summed E-state index contributed by atoms with van der Waals surface area (Å²) in [7, 11) is -4.94. The maximum absolute atomic E-state index is 10.3. The van der Waals surface area contributed by atoms with Crippen molar-refractivity contribution in [1.82, 2.24) is 4.90 Å². The van der Waals surface area contributed by atoms with E-state index < -0.39 is 54.6 Å². The largest absolute Gasteiger partial charge is 3.00 e. The Morgan fingerprint density at radius 2 is 1.03 bits per heavy atom. The zero-order valence-corrected chi connectivity index (χ0v) is 22.8. The van der Waals surface area contributed by atoms with Crippen LogP contribution in [0.2, 0.25) is 0 Å². The van der Waals surface area contributed by atoms with E-state index in [1.165, 1.54) is 0 Å². The zero-order valence-electron chi connectivity index (χ0n) is 19.5. The van der Waals surface area contributed by atoms with Gasteiger partial charge in [0, 0.05) is 38.7 Å². The second-order valence-electron chi connectivity index (χ2n) is 5.78. The van der Waals surface area contributed by atoms with Gasteiger partial charge in [-0.3, -0.25) is 29.8 Å². The third-order valence-electron chi connectivity index (χ3n) is 2.93. The number of nitrogens with zero attached hydrogens (tertiary/aromatic N) is 3. The van der Waals surface area contributed by atoms with Crippen molar-refractivity contribution in [3.05, 3.63) is 48.9 Å². The number of rotatable bonds is 10. The van der Waals surface area contributed by atoms with Crippen LogP contribution in [0.25, 0.3) is 5.73 Å². The zero-order chi connectivity index (χ0) is 28.9. The van der Waals surface area contributed by atoms with E-state index in [-0.39, 0.29) is 16.8 Å². The van der Waals surface area contributed by atoms with Gasteiger partial charge >= 0.3 is 16.8 Å². The molecule has 0 spiro atoms. The summed E-state index contributed by atoms with van der Waals surface area (Å²) in [5.41, 5.74) is 5.24. The first-order valence-corrected chi connectivity index (χ1v) is 11.3. The number of allylic oxidation sites excluding steroid dienone is 4. The van der Waals surface area contributed by atoms with E-state index in [0.717, 1.165) is 47.3 Å². The van der Waals surface area contributed by atoms with Crippen LogP contribution in [0.4, 0.5) is 0 Å². The summed E-state index contributed by atoms with van der Waals surface area (Å²) in [5.74, 6) is -1.99. The molecule has 36 heavy (non-hydrogen) atoms. The molecule has 0 aromatic carbocycles. The van der Waals surface area contributed by atoms with Gasteiger partial charge in [-0.25, -0.2) is 18.6 Å². The fourth-order valence-corrected chi connectivity index (χ4v) is 2.22. The molecule has 0 rings (SSSR count). The Morgan fingerprint density at radius 3 is 1.11 bits per heavy atom. The standard InChI is InChI=1S/C6H13Cl2N2.2C5H7NO4.ClHO4.Co/c7-1-4-10(5-2-8)6-3-9;2*1-3(7)5(4(2)8)6(9)10;2-1(3,4)5;/h9H,1-6H2;2*7H,1-2H3;(H,2,3,4,5);/q-1;;;;+3/p-3/b;2*5-3+;;. The van der Waals surface area contributed by atoms with Gasteiger partial charge in [-0.1, -0.05) is 11.5 Å². The summed E-state index contributed by atoms with van der Waals surface area (Å²) < 4.78 is 34.0. The quantitative estimate of drug-likeness (QED) is 0.0731. The number of carbonyl (C=O) groups excluding carboxylic acids is 2. The number of nitro groups is 2. The fourth-order valence-electron chi connectivity index (χ4n) is 1.74. The molecule has 0 aliphatic carbocycles. The Bertz CT molecular complexity index is 642. The van der Waals surface area contributed by atoms with Crippen LogP contribution in [0.1, 0.15) is 27.7 Å². The van der Waals surface area contributed by atoms with Crippen LogP contribution >= 0.6 is 23.2 Å². The fraction of sp³-hybridized carbons (Fsp3) is 0.625. The summed E-state index contributed by atoms with van der Waals surface area (Å²) in [6, 6.07) is 0. The van der Waals surface area contributed by atoms with Crippen LogP contribution in [0.3, 0.4) is 0 Å². The van der Waals surface area contributed by atoms with Gasteiger partial charge in [0.25, 0.3) is 11.4 Å². The van der Waals surface area contributed by atoms with Gasteiger partial charge in [-0.05, 0) is 20.4 Å². The van der Waals surface area contributed by atoms with Crippen LogP contribution in [-0.4, -0.2) is 64.3 Å². The summed E-state index contributed by atoms with van der Waals surface area (Å²) in [6.45, 7) is 6.83. The number of ketones is 2. The molecule has 0 aromatic rings. The molecule has 212 valence electrons. The number of hydrogen-bond acceptors (Lipinski definition) is 13. The molecule has 0 saturated carbocycles. The van der Waals surface area contributed by atoms with E-state index in [9.17, 15) is 40.0 Å². The second-order valence-corrected chi connectivity index (χ2v) is 7.30. The maximum atomic E-state index is 10.3. The molecule has 0 atom stereocenters. The predicted octanol–water partition coefficient (Wildman–Crippen LogP) is -4.05. The smallest absolute Gasteiger partial charge is 0.871 e. The Balaban J connectivity index is -0.000000121. The molecule has 16 nitrogen and oxygen atoms in total. The molecule has 0 aromatic heterocycles. The minimum atomic E-state index is -4.94. The van der Waals surface area contributed by atoms with E-state index >= 15 is 0 Å². The molecular formula is C16H25Cl3CoN4O12-. The number of hydrogen-bond donors (Lipinski definition) is 0. The van der Waals surface area contributed by atoms with Crippen LogP contribution in [0.15, 0.2) is 22.9 Å². The Labute approximate surface area is 229 Å². The number of carbonyl (C=O) groups is 2. The summed E-state index contributed by atoms with van der Waals surface area (Å²) in [4.78, 5) is 40.6. The van der Waals surface area contributed by atoms with E-state index in [0.29, 0.717) is 18.3 Å². The van der Waals surface area contributed by atoms with Gasteiger partial charge in [-0.2, -0.15) is 0 Å². The summed E-state index contributed by atoms with van der Waals surface area (Å²) in [5, 5.41) is 40.5. The number of alkyl halides is 2. The topological polar surface area (TPSA) is 286 Å². The van der Waals surface area contributed by atoms with Crippen molar-refractivity contribution in [2.24, 2.45) is 0 Å². The Hall–Kier alpha value is -1.64. The Morgan fingerprint density at radius 1 is 0.778 bits per heavy atom. The first-order chi connectivity index (χ1) is 15.8. The average Bonchev–Trinajstić information content (AvgIpc) is 2.59. The minimum Gasteiger partial charge on any atom is -0.871 e. The van der Waals surface area contributed by atoms with Gasteiger partial charge in [0.15, 0.2) is 0 Å². The second kappa shape index (κ2) is 25.0. The number of nitrogens with one attached hydrogen (secondary N) is 1. The predicted molar refractivity (Wildman–Crippen MR) is 108 cm³/mol. The van der Waals surface area contributed by atoms with Gasteiger partial charge in [-0.15, -0.1) is 40.0 Å². The third kappa shape index (κ3) is 32.4. The first-order valence-electron chi connectivity index (χ1n) is 8.95. The van der Waals surface area contributed by atoms with Crippen LogP contribution in [0, 0.1) is 30.5 Å². The van der Waals surface area contributed by atoms with Gasteiger partial charge in [0.2, 0.25) is 11.6 Å². The molecular weight excluding hydrogens is 605 g/mol. The van der Waals surface area contributed by atoms with Crippen LogP contribution < -0.4 is 28.8 Å². The molecule has 20 heteroatoms. The molecule has 1 N–H and O–H groups in total. The minimum absolute atomic E-state index is 0. The third-order valence-corrected chi connectivity index (χ3v) is 3.27. The van der Waals surface area contributed by atoms with Crippen molar-refractivity contribution in [2.75, 3.05) is 37.9 Å². The molecule has 0 fully saturated rings. The molecule has 0 unspecified atom stereocenters. The molecule has 0 aliphatic rings. The molecule has 0 aliphatic heterocycles. The number of halogens is 3.